The molecule has 0 saturated heterocycles. The number of allylic oxidation sites excluding steroid dienone is 2. The maximum atomic E-state index is 5.97. The Bertz CT molecular complexity index is 362. The Morgan fingerprint density at radius 3 is 2.00 bits per heavy atom. The van der Waals surface area contributed by atoms with Crippen LogP contribution in [0.3, 0.4) is 0 Å². The van der Waals surface area contributed by atoms with Crippen LogP contribution in [0.25, 0.3) is 0 Å². The molecule has 3 N–H and O–H groups in total. The van der Waals surface area contributed by atoms with Gasteiger partial charge in [-0.25, -0.2) is 0 Å². The first-order valence-corrected chi connectivity index (χ1v) is 11.4. The molecule has 0 aromatic rings. The number of unbranched alkanes of at least 4 members (excludes halogenated alkanes) is 12. The Morgan fingerprint density at radius 1 is 0.885 bits per heavy atom. The van der Waals surface area contributed by atoms with Crippen LogP contribution in [0.2, 0.25) is 0 Å². The van der Waals surface area contributed by atoms with Gasteiger partial charge in [0.05, 0.1) is 12.3 Å². The van der Waals surface area contributed by atoms with E-state index < -0.39 is 0 Å². The molecule has 1 rings (SSSR count). The van der Waals surface area contributed by atoms with Crippen LogP contribution >= 0.6 is 0 Å². The van der Waals surface area contributed by atoms with Gasteiger partial charge in [0, 0.05) is 12.4 Å². The van der Waals surface area contributed by atoms with Gasteiger partial charge < -0.3 is 16.0 Å². The molecule has 0 aromatic heterocycles. The highest BCUT2D eigenvalue weighted by Gasteiger charge is 2.19. The molecule has 0 bridgehead atoms. The van der Waals surface area contributed by atoms with E-state index in [1.54, 1.807) is 0 Å². The van der Waals surface area contributed by atoms with Crippen LogP contribution in [-0.4, -0.2) is 17.2 Å². The predicted molar refractivity (Wildman–Crippen MR) is 116 cm³/mol. The van der Waals surface area contributed by atoms with E-state index in [0.29, 0.717) is 6.17 Å². The zero-order valence-corrected chi connectivity index (χ0v) is 17.6. The molecule has 0 saturated carbocycles. The van der Waals surface area contributed by atoms with E-state index in [1.807, 2.05) is 13.1 Å². The summed E-state index contributed by atoms with van der Waals surface area (Å²) in [5.41, 5.74) is 5.97. The van der Waals surface area contributed by atoms with Gasteiger partial charge >= 0.3 is 0 Å². The van der Waals surface area contributed by atoms with E-state index in [0.717, 1.165) is 6.42 Å². The maximum Gasteiger partial charge on any atom is 0.0995 e. The highest BCUT2D eigenvalue weighted by Crippen LogP contribution is 2.14. The summed E-state index contributed by atoms with van der Waals surface area (Å²) in [5, 5.41) is 3.38. The second kappa shape index (κ2) is 16.2. The summed E-state index contributed by atoms with van der Waals surface area (Å²) in [6.07, 6.45) is 29.8. The zero-order chi connectivity index (χ0) is 18.9. The van der Waals surface area contributed by atoms with Crippen molar-refractivity contribution in [1.29, 1.82) is 0 Å². The Morgan fingerprint density at radius 2 is 1.42 bits per heavy atom. The molecule has 2 unspecified atom stereocenters. The first-order chi connectivity index (χ1) is 12.8. The van der Waals surface area contributed by atoms with Crippen LogP contribution in [-0.2, 0) is 0 Å². The molecule has 1 aliphatic rings. The van der Waals surface area contributed by atoms with Crippen LogP contribution in [0.1, 0.15) is 110 Å². The van der Waals surface area contributed by atoms with Crippen LogP contribution in [0.4, 0.5) is 0 Å². The first kappa shape index (κ1) is 23.1. The molecule has 3 heteroatoms. The predicted octanol–water partition coefficient (Wildman–Crippen LogP) is 6.42. The molecular weight excluding hydrogens is 318 g/mol. The summed E-state index contributed by atoms with van der Waals surface area (Å²) in [6, 6.07) is 0. The lowest BCUT2D eigenvalue weighted by molar-refractivity contribution is 0.209. The molecular formula is C23H45N3. The average molecular weight is 364 g/mol. The number of hydrogen-bond donors (Lipinski definition) is 2. The fourth-order valence-corrected chi connectivity index (χ4v) is 3.67. The summed E-state index contributed by atoms with van der Waals surface area (Å²) in [4.78, 5) is 2.20. The van der Waals surface area contributed by atoms with E-state index in [4.69, 9.17) is 5.73 Å². The van der Waals surface area contributed by atoms with Gasteiger partial charge in [0.2, 0.25) is 0 Å². The minimum absolute atomic E-state index is 0.0860. The van der Waals surface area contributed by atoms with Gasteiger partial charge in [0.15, 0.2) is 0 Å². The molecule has 3 nitrogen and oxygen atoms in total. The molecule has 1 aliphatic heterocycles. The number of hydrogen-bond acceptors (Lipinski definition) is 3. The molecule has 152 valence electrons. The Labute approximate surface area is 163 Å². The van der Waals surface area contributed by atoms with E-state index in [-0.39, 0.29) is 6.17 Å². The Balaban J connectivity index is 1.81. The van der Waals surface area contributed by atoms with Crippen LogP contribution in [0, 0.1) is 0 Å². The monoisotopic (exact) mass is 363 g/mol. The van der Waals surface area contributed by atoms with Gasteiger partial charge in [0.25, 0.3) is 0 Å². The Kier molecular flexibility index (Phi) is 14.4. The van der Waals surface area contributed by atoms with E-state index >= 15 is 0 Å². The van der Waals surface area contributed by atoms with Crippen LogP contribution in [0.5, 0.6) is 0 Å². The fraction of sp³-hybridized carbons (Fsp3) is 0.826. The average Bonchev–Trinajstić information content (AvgIpc) is 3.10. The van der Waals surface area contributed by atoms with Gasteiger partial charge in [-0.1, -0.05) is 83.3 Å². The quantitative estimate of drug-likeness (QED) is 0.231. The highest BCUT2D eigenvalue weighted by atomic mass is 15.3. The number of nitrogens with one attached hydrogen (secondary N) is 1. The van der Waals surface area contributed by atoms with Crippen LogP contribution < -0.4 is 11.1 Å². The molecule has 0 amide bonds. The SMILES string of the molecule is CCCCCCCCCCCCC/C=C/CCCC1NC=CN1C(C)N. The fourth-order valence-electron chi connectivity index (χ4n) is 3.67. The molecule has 26 heavy (non-hydrogen) atoms. The molecule has 1 heterocycles. The van der Waals surface area contributed by atoms with E-state index in [1.165, 1.54) is 89.9 Å². The van der Waals surface area contributed by atoms with Gasteiger partial charge in [0.1, 0.15) is 0 Å². The van der Waals surface area contributed by atoms with Crippen molar-refractivity contribution in [2.45, 2.75) is 122 Å². The third-order valence-electron chi connectivity index (χ3n) is 5.35. The summed E-state index contributed by atoms with van der Waals surface area (Å²) in [7, 11) is 0. The smallest absolute Gasteiger partial charge is 0.0995 e. The van der Waals surface area contributed by atoms with Crippen molar-refractivity contribution < 1.29 is 0 Å². The second-order valence-electron chi connectivity index (χ2n) is 7.91. The van der Waals surface area contributed by atoms with Crippen molar-refractivity contribution in [2.24, 2.45) is 5.73 Å². The van der Waals surface area contributed by atoms with Crippen molar-refractivity contribution in [3.63, 3.8) is 0 Å². The van der Waals surface area contributed by atoms with Crippen molar-refractivity contribution in [2.75, 3.05) is 0 Å². The molecule has 0 aromatic carbocycles. The number of nitrogens with two attached hydrogens (primary N) is 1. The summed E-state index contributed by atoms with van der Waals surface area (Å²) in [6.45, 7) is 4.33. The number of nitrogens with zero attached hydrogens (tertiary/aromatic N) is 1. The minimum atomic E-state index is 0.0860. The summed E-state index contributed by atoms with van der Waals surface area (Å²) < 4.78 is 0. The zero-order valence-electron chi connectivity index (χ0n) is 17.6. The lowest BCUT2D eigenvalue weighted by atomic mass is 10.1. The lowest BCUT2D eigenvalue weighted by Gasteiger charge is -2.28. The van der Waals surface area contributed by atoms with Crippen molar-refractivity contribution in [1.82, 2.24) is 10.2 Å². The van der Waals surface area contributed by atoms with Crippen LogP contribution in [0.15, 0.2) is 24.6 Å². The third-order valence-corrected chi connectivity index (χ3v) is 5.35. The number of rotatable bonds is 17. The molecule has 0 radical (unpaired) electrons. The minimum Gasteiger partial charge on any atom is -0.370 e. The Hall–Kier alpha value is -0.960. The topological polar surface area (TPSA) is 41.3 Å². The summed E-state index contributed by atoms with van der Waals surface area (Å²) in [5.74, 6) is 0. The van der Waals surface area contributed by atoms with Crippen molar-refractivity contribution in [3.05, 3.63) is 24.6 Å². The first-order valence-electron chi connectivity index (χ1n) is 11.4. The van der Waals surface area contributed by atoms with Gasteiger partial charge in [-0.15, -0.1) is 0 Å². The van der Waals surface area contributed by atoms with Gasteiger partial charge in [-0.2, -0.15) is 0 Å². The molecule has 0 fully saturated rings. The van der Waals surface area contributed by atoms with Gasteiger partial charge in [-0.3, -0.25) is 0 Å². The van der Waals surface area contributed by atoms with Crippen molar-refractivity contribution in [3.8, 4) is 0 Å². The largest absolute Gasteiger partial charge is 0.370 e. The van der Waals surface area contributed by atoms with E-state index in [9.17, 15) is 0 Å². The second-order valence-corrected chi connectivity index (χ2v) is 7.91. The molecule has 0 aliphatic carbocycles. The normalized spacial score (nSPS) is 18.0. The lowest BCUT2D eigenvalue weighted by Crippen LogP contribution is -2.44. The van der Waals surface area contributed by atoms with Crippen molar-refractivity contribution >= 4 is 0 Å². The third kappa shape index (κ3) is 11.6. The standard InChI is InChI=1S/C23H45N3/c1-3-4-5-6-7-8-9-10-11-12-13-14-15-16-17-18-19-23-25-20-21-26(23)22(2)24/h15-16,20-23,25H,3-14,17-19,24H2,1-2H3/b16-15+. The van der Waals surface area contributed by atoms with E-state index in [2.05, 4.69) is 35.5 Å². The molecule has 0 spiro atoms. The highest BCUT2D eigenvalue weighted by molar-refractivity contribution is 4.95. The van der Waals surface area contributed by atoms with Gasteiger partial charge in [-0.05, 0) is 39.0 Å². The summed E-state index contributed by atoms with van der Waals surface area (Å²) >= 11 is 0. The molecule has 2 atom stereocenters. The maximum absolute atomic E-state index is 5.97.